The summed E-state index contributed by atoms with van der Waals surface area (Å²) in [5.74, 6) is -2.41. The van der Waals surface area contributed by atoms with Gasteiger partial charge in [-0.25, -0.2) is 0 Å². The van der Waals surface area contributed by atoms with E-state index in [-0.39, 0.29) is 47.3 Å². The number of carboxylic acid groups (broad SMARTS) is 1. The van der Waals surface area contributed by atoms with Crippen molar-refractivity contribution < 1.29 is 49.4 Å². The number of amides is 1. The van der Waals surface area contributed by atoms with E-state index < -0.39 is 17.9 Å². The molecule has 0 radical (unpaired) electrons. The third-order valence-electron chi connectivity index (χ3n) is 3.14. The van der Waals surface area contributed by atoms with Gasteiger partial charge in [0.2, 0.25) is 0 Å². The average Bonchev–Trinajstić information content (AvgIpc) is 2.47. The standard InChI is InChI=1S/C16H16N2O4.Na/c17-11-6-7-12(14(19)9-11)15(20)18-13(16(21)22)8-10-4-2-1-3-5-10;/h1-7,9,13,19H,8,17H2,(H,18,20)(H,21,22);/q;+1/p-1. The van der Waals surface area contributed by atoms with E-state index in [1.54, 1.807) is 24.3 Å². The van der Waals surface area contributed by atoms with Crippen LogP contribution < -0.4 is 45.7 Å². The van der Waals surface area contributed by atoms with Gasteiger partial charge in [0.05, 0.1) is 17.6 Å². The number of rotatable bonds is 5. The third kappa shape index (κ3) is 5.28. The minimum Gasteiger partial charge on any atom is -0.548 e. The fourth-order valence-corrected chi connectivity index (χ4v) is 2.02. The molecule has 0 spiro atoms. The van der Waals surface area contributed by atoms with Gasteiger partial charge in [0.15, 0.2) is 0 Å². The first kappa shape index (κ1) is 19.0. The summed E-state index contributed by atoms with van der Waals surface area (Å²) in [6.07, 6.45) is 0.0879. The summed E-state index contributed by atoms with van der Waals surface area (Å²) < 4.78 is 0. The van der Waals surface area contributed by atoms with Crippen LogP contribution >= 0.6 is 0 Å². The molecule has 2 aromatic carbocycles. The maximum absolute atomic E-state index is 12.1. The summed E-state index contributed by atoms with van der Waals surface area (Å²) in [5, 5.41) is 23.2. The number of aliphatic carboxylic acids is 1. The molecule has 0 saturated carbocycles. The van der Waals surface area contributed by atoms with Crippen LogP contribution in [0.2, 0.25) is 0 Å². The number of phenolic OH excluding ortho intramolecular Hbond substituents is 1. The number of hydrogen-bond donors (Lipinski definition) is 3. The van der Waals surface area contributed by atoms with Crippen molar-refractivity contribution in [3.63, 3.8) is 0 Å². The Morgan fingerprint density at radius 2 is 1.83 bits per heavy atom. The molecule has 0 bridgehead atoms. The summed E-state index contributed by atoms with van der Waals surface area (Å²) in [6.45, 7) is 0. The number of nitrogens with two attached hydrogens (primary N) is 1. The predicted octanol–water partition coefficient (Wildman–Crippen LogP) is -2.93. The van der Waals surface area contributed by atoms with Gasteiger partial charge in [-0.2, -0.15) is 0 Å². The van der Waals surface area contributed by atoms with Crippen LogP contribution in [0.4, 0.5) is 5.69 Å². The second kappa shape index (κ2) is 8.57. The number of aromatic hydroxyl groups is 1. The van der Waals surface area contributed by atoms with E-state index in [1.165, 1.54) is 18.2 Å². The van der Waals surface area contributed by atoms with Gasteiger partial charge in [-0.3, -0.25) is 4.79 Å². The van der Waals surface area contributed by atoms with Gasteiger partial charge < -0.3 is 26.1 Å². The van der Waals surface area contributed by atoms with Crippen LogP contribution in [0.5, 0.6) is 5.75 Å². The van der Waals surface area contributed by atoms with Gasteiger partial charge in [0, 0.05) is 11.8 Å². The van der Waals surface area contributed by atoms with Crippen LogP contribution in [0.15, 0.2) is 48.5 Å². The van der Waals surface area contributed by atoms with Crippen LogP contribution in [-0.2, 0) is 11.2 Å². The van der Waals surface area contributed by atoms with Crippen molar-refractivity contribution in [2.24, 2.45) is 0 Å². The van der Waals surface area contributed by atoms with Gasteiger partial charge in [-0.15, -0.1) is 0 Å². The molecule has 7 heteroatoms. The molecule has 23 heavy (non-hydrogen) atoms. The van der Waals surface area contributed by atoms with Gasteiger partial charge in [-0.1, -0.05) is 30.3 Å². The smallest absolute Gasteiger partial charge is 0.548 e. The molecule has 2 aromatic rings. The number of carbonyl (C=O) groups is 2. The summed E-state index contributed by atoms with van der Waals surface area (Å²) in [4.78, 5) is 23.3. The predicted molar refractivity (Wildman–Crippen MR) is 78.9 cm³/mol. The molecule has 0 aromatic heterocycles. The zero-order valence-corrected chi connectivity index (χ0v) is 14.7. The quantitative estimate of drug-likeness (QED) is 0.403. The number of anilines is 1. The maximum Gasteiger partial charge on any atom is 1.00 e. The van der Waals surface area contributed by atoms with Crippen LogP contribution in [0.3, 0.4) is 0 Å². The third-order valence-corrected chi connectivity index (χ3v) is 3.14. The fraction of sp³-hybridized carbons (Fsp3) is 0.125. The number of benzene rings is 2. The molecule has 1 unspecified atom stereocenters. The molecule has 4 N–H and O–H groups in total. The molecule has 1 amide bonds. The minimum atomic E-state index is -1.40. The van der Waals surface area contributed by atoms with E-state index in [1.807, 2.05) is 6.07 Å². The van der Waals surface area contributed by atoms with Crippen LogP contribution in [-0.4, -0.2) is 23.0 Å². The Hall–Kier alpha value is -2.02. The first-order chi connectivity index (χ1) is 10.5. The van der Waals surface area contributed by atoms with Gasteiger partial charge >= 0.3 is 29.6 Å². The Balaban J connectivity index is 0.00000264. The fourth-order valence-electron chi connectivity index (χ4n) is 2.02. The number of phenols is 1. The average molecular weight is 322 g/mol. The molecule has 0 aliphatic carbocycles. The van der Waals surface area contributed by atoms with Crippen molar-refractivity contribution in [1.82, 2.24) is 5.32 Å². The molecule has 0 heterocycles. The molecule has 0 aliphatic heterocycles. The molecule has 2 rings (SSSR count). The van der Waals surface area contributed by atoms with Gasteiger partial charge in [0.25, 0.3) is 5.91 Å². The summed E-state index contributed by atoms with van der Waals surface area (Å²) in [5.41, 5.74) is 6.49. The topological polar surface area (TPSA) is 115 Å². The normalized spacial score (nSPS) is 11.1. The van der Waals surface area contributed by atoms with Crippen molar-refractivity contribution in [3.05, 3.63) is 59.7 Å². The molecule has 1 atom stereocenters. The Kier molecular flexibility index (Phi) is 7.09. The molecular weight excluding hydrogens is 307 g/mol. The summed E-state index contributed by atoms with van der Waals surface area (Å²) in [6, 6.07) is 11.7. The van der Waals surface area contributed by atoms with E-state index in [9.17, 15) is 19.8 Å². The summed E-state index contributed by atoms with van der Waals surface area (Å²) in [7, 11) is 0. The number of carbonyl (C=O) groups excluding carboxylic acids is 2. The van der Waals surface area contributed by atoms with E-state index >= 15 is 0 Å². The Labute approximate surface area is 155 Å². The van der Waals surface area contributed by atoms with Gasteiger partial charge in [-0.05, 0) is 24.1 Å². The van der Waals surface area contributed by atoms with E-state index in [0.29, 0.717) is 5.69 Å². The summed E-state index contributed by atoms with van der Waals surface area (Å²) >= 11 is 0. The monoisotopic (exact) mass is 322 g/mol. The molecule has 6 nitrogen and oxygen atoms in total. The second-order valence-corrected chi connectivity index (χ2v) is 4.81. The number of nitrogens with one attached hydrogen (secondary N) is 1. The number of carboxylic acids is 1. The van der Waals surface area contributed by atoms with E-state index in [0.717, 1.165) is 5.56 Å². The van der Waals surface area contributed by atoms with Crippen molar-refractivity contribution in [2.75, 3.05) is 5.73 Å². The van der Waals surface area contributed by atoms with Crippen LogP contribution in [0.1, 0.15) is 15.9 Å². The Morgan fingerprint density at radius 3 is 2.39 bits per heavy atom. The van der Waals surface area contributed by atoms with Crippen molar-refractivity contribution in [3.8, 4) is 5.75 Å². The van der Waals surface area contributed by atoms with Crippen molar-refractivity contribution in [1.29, 1.82) is 0 Å². The van der Waals surface area contributed by atoms with Crippen LogP contribution in [0.25, 0.3) is 0 Å². The number of hydrogen-bond acceptors (Lipinski definition) is 5. The molecule has 114 valence electrons. The Bertz CT molecular complexity index is 692. The SMILES string of the molecule is Nc1ccc(C(=O)NC(Cc2ccccc2)C(=O)[O-])c(O)c1.[Na+]. The maximum atomic E-state index is 12.1. The van der Waals surface area contributed by atoms with E-state index in [2.05, 4.69) is 5.32 Å². The van der Waals surface area contributed by atoms with Crippen molar-refractivity contribution >= 4 is 17.6 Å². The van der Waals surface area contributed by atoms with Crippen molar-refractivity contribution in [2.45, 2.75) is 12.5 Å². The zero-order valence-electron chi connectivity index (χ0n) is 12.7. The largest absolute Gasteiger partial charge is 1.00 e. The molecular formula is C16H15N2NaO4. The first-order valence-corrected chi connectivity index (χ1v) is 6.61. The Morgan fingerprint density at radius 1 is 1.17 bits per heavy atom. The molecule has 0 saturated heterocycles. The second-order valence-electron chi connectivity index (χ2n) is 4.81. The molecule has 0 fully saturated rings. The van der Waals surface area contributed by atoms with E-state index in [4.69, 9.17) is 5.73 Å². The van der Waals surface area contributed by atoms with Crippen LogP contribution in [0, 0.1) is 0 Å². The first-order valence-electron chi connectivity index (χ1n) is 6.61. The number of nitrogen functional groups attached to an aromatic ring is 1. The molecule has 0 aliphatic rings. The zero-order chi connectivity index (χ0) is 16.1. The minimum absolute atomic E-state index is 0. The van der Waals surface area contributed by atoms with Gasteiger partial charge in [0.1, 0.15) is 5.75 Å².